The first-order valence-electron chi connectivity index (χ1n) is 20.4. The maximum atomic E-state index is 14.3. The first kappa shape index (κ1) is 44.0. The fourth-order valence-corrected chi connectivity index (χ4v) is 12.0. The van der Waals surface area contributed by atoms with Crippen LogP contribution in [0.25, 0.3) is 66.8 Å². The summed E-state index contributed by atoms with van der Waals surface area (Å²) in [7, 11) is -5.01. The largest absolute Gasteiger partial charge is 0.416 e. The average Bonchev–Trinajstić information content (AvgIpc) is 3.19. The van der Waals surface area contributed by atoms with Gasteiger partial charge in [0.2, 0.25) is 0 Å². The molecule has 306 valence electrons. The molecule has 0 amide bonds. The molecular weight excluding hydrogens is 926 g/mol. The fourth-order valence-electron chi connectivity index (χ4n) is 7.95. The van der Waals surface area contributed by atoms with Crippen LogP contribution >= 0.6 is 31.9 Å². The molecule has 0 radical (unpaired) electrons. The third-order valence-electron chi connectivity index (χ3n) is 11.4. The van der Waals surface area contributed by atoms with Gasteiger partial charge in [0.25, 0.3) is 0 Å². The van der Waals surface area contributed by atoms with Crippen molar-refractivity contribution in [2.24, 2.45) is 0 Å². The molecule has 0 saturated heterocycles. The molecule has 0 aliphatic carbocycles. The van der Waals surface area contributed by atoms with Crippen molar-refractivity contribution < 1.29 is 13.2 Å². The summed E-state index contributed by atoms with van der Waals surface area (Å²) in [5.74, 6) is 0. The van der Waals surface area contributed by atoms with Crippen LogP contribution in [0.1, 0.15) is 5.56 Å². The van der Waals surface area contributed by atoms with Crippen molar-refractivity contribution in [2.75, 3.05) is 0 Å². The Balaban J connectivity index is 1.78. The van der Waals surface area contributed by atoms with Crippen molar-refractivity contribution in [3.8, 4) is 66.8 Å². The van der Waals surface area contributed by atoms with Gasteiger partial charge in [0, 0.05) is 8.95 Å². The van der Waals surface area contributed by atoms with Crippen LogP contribution in [-0.2, 0) is 6.18 Å². The van der Waals surface area contributed by atoms with E-state index in [0.717, 1.165) is 70.1 Å². The van der Waals surface area contributed by atoms with Crippen molar-refractivity contribution in [2.45, 2.75) is 65.1 Å². The van der Waals surface area contributed by atoms with E-state index < -0.39 is 36.0 Å². The van der Waals surface area contributed by atoms with Crippen molar-refractivity contribution in [1.29, 1.82) is 0 Å². The summed E-state index contributed by atoms with van der Waals surface area (Å²) in [6, 6.07) is 49.8. The minimum absolute atomic E-state index is 0.672. The summed E-state index contributed by atoms with van der Waals surface area (Å²) < 4.78 is 44.7. The summed E-state index contributed by atoms with van der Waals surface area (Å²) in [6.07, 6.45) is -4.47. The molecule has 7 aromatic rings. The number of hydrogen-bond acceptors (Lipinski definition) is 0. The van der Waals surface area contributed by atoms with Crippen LogP contribution < -0.4 is 15.6 Å². The zero-order valence-corrected chi connectivity index (χ0v) is 41.9. The summed E-state index contributed by atoms with van der Waals surface area (Å²) in [4.78, 5) is 0. The lowest BCUT2D eigenvalue weighted by Crippen LogP contribution is -2.37. The van der Waals surface area contributed by atoms with Gasteiger partial charge < -0.3 is 0 Å². The van der Waals surface area contributed by atoms with E-state index in [1.54, 1.807) is 12.1 Å². The highest BCUT2D eigenvalue weighted by atomic mass is 79.9. The van der Waals surface area contributed by atoms with Crippen molar-refractivity contribution in [1.82, 2.24) is 0 Å². The SMILES string of the molecule is C[Si](C)(C)c1ccc(-c2c(-c3ccc(Br)cc3)c(-c3ccc([Si](C)(C)C)cc3)c(-c3ccc(C(F)(F)F)cc3)c(-c3ccc([Si](C)(C)C)cc3)c2-c2ccc(Br)cc2)cc1. The fraction of sp³-hybridized carbons (Fsp3) is 0.192. The lowest BCUT2D eigenvalue weighted by atomic mass is 9.74. The van der Waals surface area contributed by atoms with Gasteiger partial charge in [-0.15, -0.1) is 0 Å². The van der Waals surface area contributed by atoms with Crippen LogP contribution in [0, 0.1) is 0 Å². The summed E-state index contributed by atoms with van der Waals surface area (Å²) in [5.41, 5.74) is 11.1. The standard InChI is InChI=1S/C52H51Br2F3Si3/c1-58(2,3)43-28-16-37(17-29-43)49-46(34-10-22-40(23-11-34)52(55,56)57)50(38-18-30-44(31-19-38)59(4,5)6)48(36-14-26-42(54)27-15-36)51(47(49)35-12-24-41(53)25-13-35)39-20-32-45(33-21-39)60(7,8)9/h10-33H,1-9H3. The zero-order valence-electron chi connectivity index (χ0n) is 35.7. The molecular formula is C52H51Br2F3Si3. The minimum Gasteiger partial charge on any atom is -0.166 e. The molecule has 8 heteroatoms. The van der Waals surface area contributed by atoms with Gasteiger partial charge in [-0.3, -0.25) is 0 Å². The highest BCUT2D eigenvalue weighted by Gasteiger charge is 2.33. The smallest absolute Gasteiger partial charge is 0.166 e. The van der Waals surface area contributed by atoms with Crippen molar-refractivity contribution in [3.63, 3.8) is 0 Å². The van der Waals surface area contributed by atoms with Crippen molar-refractivity contribution >= 4 is 71.6 Å². The van der Waals surface area contributed by atoms with Gasteiger partial charge in [-0.05, 0) is 103 Å². The van der Waals surface area contributed by atoms with E-state index in [2.05, 4.69) is 212 Å². The number of halogens is 5. The molecule has 60 heavy (non-hydrogen) atoms. The Morgan fingerprint density at radius 3 is 0.667 bits per heavy atom. The Labute approximate surface area is 374 Å². The molecule has 0 nitrogen and oxygen atoms in total. The maximum absolute atomic E-state index is 14.3. The zero-order chi connectivity index (χ0) is 43.4. The number of rotatable bonds is 9. The Bertz CT molecular complexity index is 2500. The van der Waals surface area contributed by atoms with E-state index in [0.29, 0.717) is 5.56 Å². The minimum atomic E-state index is -4.47. The lowest BCUT2D eigenvalue weighted by molar-refractivity contribution is -0.137. The third kappa shape index (κ3) is 9.24. The van der Waals surface area contributed by atoms with Gasteiger partial charge in [0.1, 0.15) is 0 Å². The number of alkyl halides is 3. The van der Waals surface area contributed by atoms with E-state index >= 15 is 0 Å². The molecule has 0 aromatic heterocycles. The Morgan fingerprint density at radius 2 is 0.483 bits per heavy atom. The summed E-state index contributed by atoms with van der Waals surface area (Å²) in [5, 5.41) is 4.04. The lowest BCUT2D eigenvalue weighted by Gasteiger charge is -2.29. The molecule has 0 atom stereocenters. The Morgan fingerprint density at radius 1 is 0.300 bits per heavy atom. The van der Waals surface area contributed by atoms with Crippen LogP contribution in [-0.4, -0.2) is 24.2 Å². The Hall–Kier alpha value is -4.06. The van der Waals surface area contributed by atoms with Crippen LogP contribution in [0.4, 0.5) is 13.2 Å². The van der Waals surface area contributed by atoms with Crippen molar-refractivity contribution in [3.05, 3.63) is 160 Å². The highest BCUT2D eigenvalue weighted by molar-refractivity contribution is 9.10. The monoisotopic (exact) mass is 974 g/mol. The van der Waals surface area contributed by atoms with Gasteiger partial charge in [-0.1, -0.05) is 216 Å². The Kier molecular flexibility index (Phi) is 12.2. The first-order valence-corrected chi connectivity index (χ1v) is 32.5. The molecule has 0 unspecified atom stereocenters. The van der Waals surface area contributed by atoms with Gasteiger partial charge in [-0.2, -0.15) is 13.2 Å². The topological polar surface area (TPSA) is 0 Å². The summed E-state index contributed by atoms with van der Waals surface area (Å²) in [6.45, 7) is 21.2. The predicted molar refractivity (Wildman–Crippen MR) is 268 cm³/mol. The van der Waals surface area contributed by atoms with E-state index in [1.807, 2.05) is 0 Å². The molecule has 0 saturated carbocycles. The molecule has 0 fully saturated rings. The number of hydrogen-bond donors (Lipinski definition) is 0. The molecule has 0 bridgehead atoms. The second kappa shape index (κ2) is 16.7. The second-order valence-electron chi connectivity index (χ2n) is 18.8. The van der Waals surface area contributed by atoms with Crippen LogP contribution in [0.15, 0.2) is 155 Å². The van der Waals surface area contributed by atoms with Gasteiger partial charge in [-0.25, -0.2) is 0 Å². The van der Waals surface area contributed by atoms with E-state index in [4.69, 9.17) is 0 Å². The van der Waals surface area contributed by atoms with E-state index in [1.165, 1.54) is 27.7 Å². The molecule has 7 aromatic carbocycles. The van der Waals surface area contributed by atoms with E-state index in [9.17, 15) is 13.2 Å². The van der Waals surface area contributed by atoms with E-state index in [-0.39, 0.29) is 0 Å². The van der Waals surface area contributed by atoms with Gasteiger partial charge >= 0.3 is 6.18 Å². The third-order valence-corrected chi connectivity index (χ3v) is 18.6. The average molecular weight is 977 g/mol. The maximum Gasteiger partial charge on any atom is 0.416 e. The molecule has 7 rings (SSSR count). The van der Waals surface area contributed by atoms with Crippen LogP contribution in [0.2, 0.25) is 58.9 Å². The van der Waals surface area contributed by atoms with Crippen LogP contribution in [0.5, 0.6) is 0 Å². The van der Waals surface area contributed by atoms with Gasteiger partial charge in [0.15, 0.2) is 0 Å². The quantitative estimate of drug-likeness (QED) is 0.126. The molecule has 0 heterocycles. The number of benzene rings is 7. The normalized spacial score (nSPS) is 12.5. The second-order valence-corrected chi connectivity index (χ2v) is 35.9. The predicted octanol–water partition coefficient (Wildman–Crippen LogP) is 15.9. The molecule has 0 aliphatic heterocycles. The highest BCUT2D eigenvalue weighted by Crippen LogP contribution is 2.56. The molecule has 0 aliphatic rings. The summed E-state index contributed by atoms with van der Waals surface area (Å²) >= 11 is 7.41. The van der Waals surface area contributed by atoms with Crippen LogP contribution in [0.3, 0.4) is 0 Å². The van der Waals surface area contributed by atoms with Gasteiger partial charge in [0.05, 0.1) is 29.8 Å². The molecule has 0 N–H and O–H groups in total. The first-order chi connectivity index (χ1) is 28.1. The molecule has 0 spiro atoms.